The van der Waals surface area contributed by atoms with Crippen LogP contribution in [0.4, 0.5) is 0 Å². The summed E-state index contributed by atoms with van der Waals surface area (Å²) in [4.78, 5) is 5.49. The van der Waals surface area contributed by atoms with Crippen LogP contribution in [0.15, 0.2) is 0 Å². The molecule has 0 spiro atoms. The maximum atomic E-state index is 3.61. The van der Waals surface area contributed by atoms with E-state index in [2.05, 4.69) is 29.0 Å². The van der Waals surface area contributed by atoms with E-state index in [9.17, 15) is 0 Å². The summed E-state index contributed by atoms with van der Waals surface area (Å²) < 4.78 is 0. The topological polar surface area (TPSA) is 18.5 Å². The quantitative estimate of drug-likeness (QED) is 0.730. The summed E-state index contributed by atoms with van der Waals surface area (Å²) in [7, 11) is 0. The van der Waals surface area contributed by atoms with Crippen molar-refractivity contribution < 1.29 is 0 Å². The van der Waals surface area contributed by atoms with Crippen molar-refractivity contribution in [2.45, 2.75) is 58.0 Å². The molecule has 1 N–H and O–H groups in total. The van der Waals surface area contributed by atoms with Gasteiger partial charge in [0, 0.05) is 25.2 Å². The van der Waals surface area contributed by atoms with Crippen LogP contribution in [0.2, 0.25) is 0 Å². The first-order chi connectivity index (χ1) is 8.85. The minimum atomic E-state index is 0.747. The number of nitrogens with zero attached hydrogens (tertiary/aromatic N) is 2. The molecular formula is C15H31N3. The summed E-state index contributed by atoms with van der Waals surface area (Å²) in [5.41, 5.74) is 0. The molecule has 2 aliphatic rings. The van der Waals surface area contributed by atoms with Gasteiger partial charge in [0.2, 0.25) is 0 Å². The van der Waals surface area contributed by atoms with E-state index in [1.165, 1.54) is 71.4 Å². The van der Waals surface area contributed by atoms with Crippen molar-refractivity contribution in [1.82, 2.24) is 15.1 Å². The molecule has 0 aromatic heterocycles. The van der Waals surface area contributed by atoms with Gasteiger partial charge in [-0.2, -0.15) is 0 Å². The maximum absolute atomic E-state index is 3.61. The van der Waals surface area contributed by atoms with Crippen molar-refractivity contribution in [2.24, 2.45) is 0 Å². The van der Waals surface area contributed by atoms with E-state index >= 15 is 0 Å². The van der Waals surface area contributed by atoms with Crippen LogP contribution in [-0.4, -0.2) is 61.2 Å². The number of rotatable bonds is 6. The number of fused-ring (bicyclic) bond motifs is 1. The third-order valence-corrected chi connectivity index (χ3v) is 4.63. The first-order valence-electron chi connectivity index (χ1n) is 8.04. The summed E-state index contributed by atoms with van der Waals surface area (Å²) in [6, 6.07) is 1.60. The standard InChI is InChI=1S/C15H31N3/c1-3-8-16-12-14(4-2)18-11-6-10-17-9-5-7-15(17)13-18/h14-16H,3-13H2,1-2H3. The van der Waals surface area contributed by atoms with E-state index in [4.69, 9.17) is 0 Å². The predicted molar refractivity (Wildman–Crippen MR) is 78.0 cm³/mol. The molecule has 0 saturated carbocycles. The second kappa shape index (κ2) is 7.46. The van der Waals surface area contributed by atoms with Gasteiger partial charge in [0.15, 0.2) is 0 Å². The molecule has 3 nitrogen and oxygen atoms in total. The van der Waals surface area contributed by atoms with Crippen molar-refractivity contribution >= 4 is 0 Å². The van der Waals surface area contributed by atoms with Gasteiger partial charge in [0.25, 0.3) is 0 Å². The molecule has 2 aliphatic heterocycles. The molecule has 0 aromatic rings. The van der Waals surface area contributed by atoms with Gasteiger partial charge in [-0.1, -0.05) is 13.8 Å². The summed E-state index contributed by atoms with van der Waals surface area (Å²) >= 11 is 0. The lowest BCUT2D eigenvalue weighted by Crippen LogP contribution is -2.46. The lowest BCUT2D eigenvalue weighted by atomic mass is 10.1. The zero-order valence-corrected chi connectivity index (χ0v) is 12.3. The van der Waals surface area contributed by atoms with Crippen LogP contribution in [0.3, 0.4) is 0 Å². The minimum Gasteiger partial charge on any atom is -0.315 e. The van der Waals surface area contributed by atoms with Crippen LogP contribution in [0.25, 0.3) is 0 Å². The minimum absolute atomic E-state index is 0.747. The van der Waals surface area contributed by atoms with Gasteiger partial charge < -0.3 is 5.32 Å². The average Bonchev–Trinajstić information content (AvgIpc) is 2.73. The van der Waals surface area contributed by atoms with Crippen LogP contribution in [0, 0.1) is 0 Å². The van der Waals surface area contributed by atoms with Crippen LogP contribution in [0.1, 0.15) is 46.0 Å². The fourth-order valence-corrected chi connectivity index (χ4v) is 3.54. The van der Waals surface area contributed by atoms with Crippen molar-refractivity contribution in [2.75, 3.05) is 39.3 Å². The van der Waals surface area contributed by atoms with E-state index in [1.807, 2.05) is 0 Å². The third-order valence-electron chi connectivity index (χ3n) is 4.63. The van der Waals surface area contributed by atoms with Gasteiger partial charge in [-0.25, -0.2) is 0 Å². The molecule has 18 heavy (non-hydrogen) atoms. The molecular weight excluding hydrogens is 222 g/mol. The first-order valence-corrected chi connectivity index (χ1v) is 8.04. The molecule has 0 bridgehead atoms. The summed E-state index contributed by atoms with van der Waals surface area (Å²) in [5.74, 6) is 0. The summed E-state index contributed by atoms with van der Waals surface area (Å²) in [6.45, 7) is 12.2. The van der Waals surface area contributed by atoms with Crippen molar-refractivity contribution in [1.29, 1.82) is 0 Å². The molecule has 2 unspecified atom stereocenters. The van der Waals surface area contributed by atoms with Crippen molar-refractivity contribution in [3.63, 3.8) is 0 Å². The highest BCUT2D eigenvalue weighted by Crippen LogP contribution is 2.22. The largest absolute Gasteiger partial charge is 0.315 e. The SMILES string of the molecule is CCCNCC(CC)N1CCCN2CCCC2C1. The average molecular weight is 253 g/mol. The Morgan fingerprint density at radius 1 is 1.17 bits per heavy atom. The molecule has 2 rings (SSSR count). The Balaban J connectivity index is 1.84. The Morgan fingerprint density at radius 2 is 2.00 bits per heavy atom. The third kappa shape index (κ3) is 3.69. The van der Waals surface area contributed by atoms with E-state index in [0.717, 1.165) is 12.1 Å². The molecule has 2 heterocycles. The van der Waals surface area contributed by atoms with Gasteiger partial charge in [0.05, 0.1) is 0 Å². The Kier molecular flexibility index (Phi) is 5.93. The molecule has 0 aliphatic carbocycles. The molecule has 0 radical (unpaired) electrons. The lowest BCUT2D eigenvalue weighted by Gasteiger charge is -2.32. The van der Waals surface area contributed by atoms with Crippen LogP contribution in [-0.2, 0) is 0 Å². The van der Waals surface area contributed by atoms with Crippen molar-refractivity contribution in [3.05, 3.63) is 0 Å². The highest BCUT2D eigenvalue weighted by atomic mass is 15.3. The summed E-state index contributed by atoms with van der Waals surface area (Å²) in [5, 5.41) is 3.61. The van der Waals surface area contributed by atoms with E-state index in [0.29, 0.717) is 0 Å². The first kappa shape index (κ1) is 14.3. The number of hydrogen-bond acceptors (Lipinski definition) is 3. The smallest absolute Gasteiger partial charge is 0.0223 e. The number of hydrogen-bond donors (Lipinski definition) is 1. The van der Waals surface area contributed by atoms with Crippen LogP contribution < -0.4 is 5.32 Å². The van der Waals surface area contributed by atoms with E-state index in [1.54, 1.807) is 0 Å². The van der Waals surface area contributed by atoms with E-state index < -0.39 is 0 Å². The fraction of sp³-hybridized carbons (Fsp3) is 1.00. The monoisotopic (exact) mass is 253 g/mol. The predicted octanol–water partition coefficient (Wildman–Crippen LogP) is 1.93. The Bertz CT molecular complexity index is 232. The molecule has 2 fully saturated rings. The molecule has 0 amide bonds. The molecule has 106 valence electrons. The van der Waals surface area contributed by atoms with Crippen LogP contribution in [0.5, 0.6) is 0 Å². The van der Waals surface area contributed by atoms with Gasteiger partial charge in [0.1, 0.15) is 0 Å². The second-order valence-corrected chi connectivity index (χ2v) is 5.95. The molecule has 3 heteroatoms. The Hall–Kier alpha value is -0.120. The van der Waals surface area contributed by atoms with Crippen molar-refractivity contribution in [3.8, 4) is 0 Å². The normalized spacial score (nSPS) is 28.0. The lowest BCUT2D eigenvalue weighted by molar-refractivity contribution is 0.165. The Morgan fingerprint density at radius 3 is 2.78 bits per heavy atom. The molecule has 2 saturated heterocycles. The van der Waals surface area contributed by atoms with Gasteiger partial charge >= 0.3 is 0 Å². The van der Waals surface area contributed by atoms with Gasteiger partial charge in [-0.05, 0) is 58.3 Å². The Labute approximate surface area is 113 Å². The fourth-order valence-electron chi connectivity index (χ4n) is 3.54. The number of nitrogens with one attached hydrogen (secondary N) is 1. The van der Waals surface area contributed by atoms with E-state index in [-0.39, 0.29) is 0 Å². The van der Waals surface area contributed by atoms with Crippen LogP contribution >= 0.6 is 0 Å². The highest BCUT2D eigenvalue weighted by Gasteiger charge is 2.30. The second-order valence-electron chi connectivity index (χ2n) is 5.95. The van der Waals surface area contributed by atoms with Gasteiger partial charge in [-0.3, -0.25) is 9.80 Å². The highest BCUT2D eigenvalue weighted by molar-refractivity contribution is 4.87. The summed E-state index contributed by atoms with van der Waals surface area (Å²) in [6.07, 6.45) is 6.73. The maximum Gasteiger partial charge on any atom is 0.0223 e. The van der Waals surface area contributed by atoms with Gasteiger partial charge in [-0.15, -0.1) is 0 Å². The zero-order valence-electron chi connectivity index (χ0n) is 12.3. The zero-order chi connectivity index (χ0) is 12.8. The molecule has 2 atom stereocenters. The molecule has 0 aromatic carbocycles.